The Bertz CT molecular complexity index is 669. The third kappa shape index (κ3) is 3.90. The standard InChI is InChI=1S/C16H25NO5S/c1-6-23(18,19)10-17-15-8-11-7-13(20-4)14(21-5)9-12(11)22-16(15,2)3/h7,9,15,17H,6,8,10H2,1-5H3. The van der Waals surface area contributed by atoms with E-state index in [1.165, 1.54) is 0 Å². The normalized spacial score (nSPS) is 19.6. The summed E-state index contributed by atoms with van der Waals surface area (Å²) in [6.45, 7) is 5.54. The molecule has 1 atom stereocenters. The van der Waals surface area contributed by atoms with Gasteiger partial charge in [0.05, 0.1) is 26.1 Å². The summed E-state index contributed by atoms with van der Waals surface area (Å²) in [5.74, 6) is 2.06. The van der Waals surface area contributed by atoms with E-state index in [4.69, 9.17) is 14.2 Å². The monoisotopic (exact) mass is 343 g/mol. The van der Waals surface area contributed by atoms with Gasteiger partial charge in [-0.15, -0.1) is 0 Å². The Morgan fingerprint density at radius 1 is 1.26 bits per heavy atom. The molecule has 0 amide bonds. The van der Waals surface area contributed by atoms with Gasteiger partial charge < -0.3 is 14.2 Å². The average Bonchev–Trinajstić information content (AvgIpc) is 2.51. The lowest BCUT2D eigenvalue weighted by Gasteiger charge is -2.40. The number of sulfone groups is 1. The Balaban J connectivity index is 2.27. The molecule has 7 heteroatoms. The minimum absolute atomic E-state index is 0.0520. The predicted octanol–water partition coefficient (Wildman–Crippen LogP) is 1.77. The number of hydrogen-bond acceptors (Lipinski definition) is 6. The second kappa shape index (κ2) is 6.57. The minimum atomic E-state index is -3.08. The van der Waals surface area contributed by atoms with Gasteiger partial charge in [-0.1, -0.05) is 6.92 Å². The Morgan fingerprint density at radius 3 is 2.43 bits per heavy atom. The lowest BCUT2D eigenvalue weighted by atomic mass is 9.88. The van der Waals surface area contributed by atoms with Crippen molar-refractivity contribution >= 4 is 9.84 Å². The third-order valence-corrected chi connectivity index (χ3v) is 5.68. The van der Waals surface area contributed by atoms with Gasteiger partial charge in [-0.2, -0.15) is 0 Å². The summed E-state index contributed by atoms with van der Waals surface area (Å²) in [5, 5.41) is 3.13. The van der Waals surface area contributed by atoms with Gasteiger partial charge >= 0.3 is 0 Å². The van der Waals surface area contributed by atoms with Gasteiger partial charge in [0.1, 0.15) is 11.4 Å². The van der Waals surface area contributed by atoms with E-state index in [0.29, 0.717) is 17.9 Å². The third-order valence-electron chi connectivity index (χ3n) is 4.19. The number of hydrogen-bond donors (Lipinski definition) is 1. The van der Waals surface area contributed by atoms with Crippen molar-refractivity contribution in [3.63, 3.8) is 0 Å². The van der Waals surface area contributed by atoms with Crippen LogP contribution < -0.4 is 19.5 Å². The first-order valence-corrected chi connectivity index (χ1v) is 9.42. The zero-order valence-corrected chi connectivity index (χ0v) is 15.1. The van der Waals surface area contributed by atoms with Crippen molar-refractivity contribution in [1.29, 1.82) is 0 Å². The molecule has 0 fully saturated rings. The Morgan fingerprint density at radius 2 is 1.87 bits per heavy atom. The van der Waals surface area contributed by atoms with Gasteiger partial charge in [0.25, 0.3) is 0 Å². The summed E-state index contributed by atoms with van der Waals surface area (Å²) < 4.78 is 40.2. The Kier molecular flexibility index (Phi) is 5.10. The van der Waals surface area contributed by atoms with Crippen LogP contribution in [0.25, 0.3) is 0 Å². The Hall–Kier alpha value is -1.47. The molecule has 130 valence electrons. The minimum Gasteiger partial charge on any atom is -0.493 e. The summed E-state index contributed by atoms with van der Waals surface area (Å²) in [6, 6.07) is 3.58. The molecule has 0 radical (unpaired) electrons. The van der Waals surface area contributed by atoms with Crippen LogP contribution in [-0.2, 0) is 16.3 Å². The van der Waals surface area contributed by atoms with Crippen molar-refractivity contribution in [2.24, 2.45) is 0 Å². The van der Waals surface area contributed by atoms with Gasteiger partial charge in [-0.05, 0) is 31.9 Å². The summed E-state index contributed by atoms with van der Waals surface area (Å²) >= 11 is 0. The van der Waals surface area contributed by atoms with E-state index >= 15 is 0 Å². The van der Waals surface area contributed by atoms with E-state index < -0.39 is 15.4 Å². The van der Waals surface area contributed by atoms with Crippen LogP contribution in [-0.4, -0.2) is 45.9 Å². The van der Waals surface area contributed by atoms with Gasteiger partial charge in [-0.25, -0.2) is 8.42 Å². The summed E-state index contributed by atoms with van der Waals surface area (Å²) in [5.41, 5.74) is 0.434. The van der Waals surface area contributed by atoms with Crippen molar-refractivity contribution in [2.75, 3.05) is 25.8 Å². The number of methoxy groups -OCH3 is 2. The van der Waals surface area contributed by atoms with Gasteiger partial charge in [0.15, 0.2) is 21.3 Å². The number of rotatable bonds is 6. The van der Waals surface area contributed by atoms with Crippen LogP contribution in [0, 0.1) is 0 Å². The second-order valence-electron chi connectivity index (χ2n) is 6.16. The van der Waals surface area contributed by atoms with Crippen LogP contribution in [0.5, 0.6) is 17.2 Å². The van der Waals surface area contributed by atoms with Gasteiger partial charge in [-0.3, -0.25) is 5.32 Å². The van der Waals surface area contributed by atoms with E-state index in [9.17, 15) is 8.42 Å². The second-order valence-corrected chi connectivity index (χ2v) is 8.51. The predicted molar refractivity (Wildman–Crippen MR) is 89.2 cm³/mol. The van der Waals surface area contributed by atoms with Gasteiger partial charge in [0.2, 0.25) is 0 Å². The van der Waals surface area contributed by atoms with Crippen LogP contribution in [0.3, 0.4) is 0 Å². The fraction of sp³-hybridized carbons (Fsp3) is 0.625. The molecule has 1 unspecified atom stereocenters. The fourth-order valence-corrected chi connectivity index (χ4v) is 3.28. The maximum Gasteiger partial charge on any atom is 0.164 e. The fourth-order valence-electron chi connectivity index (χ4n) is 2.62. The van der Waals surface area contributed by atoms with Crippen molar-refractivity contribution in [2.45, 2.75) is 38.8 Å². The summed E-state index contributed by atoms with van der Waals surface area (Å²) in [7, 11) is 0.0850. The maximum atomic E-state index is 11.7. The molecule has 0 aromatic heterocycles. The lowest BCUT2D eigenvalue weighted by molar-refractivity contribution is 0.0502. The molecule has 0 spiro atoms. The molecule has 1 N–H and O–H groups in total. The highest BCUT2D eigenvalue weighted by Crippen LogP contribution is 2.40. The smallest absolute Gasteiger partial charge is 0.164 e. The maximum absolute atomic E-state index is 11.7. The van der Waals surface area contributed by atoms with Crippen molar-refractivity contribution in [3.8, 4) is 17.2 Å². The molecule has 0 bridgehead atoms. The SMILES string of the molecule is CCS(=O)(=O)CNC1Cc2cc(OC)c(OC)cc2OC1(C)C. The molecule has 1 aliphatic rings. The van der Waals surface area contributed by atoms with Crippen LogP contribution in [0.15, 0.2) is 12.1 Å². The molecule has 23 heavy (non-hydrogen) atoms. The van der Waals surface area contributed by atoms with Crippen molar-refractivity contribution in [1.82, 2.24) is 5.32 Å². The van der Waals surface area contributed by atoms with Crippen LogP contribution in [0.1, 0.15) is 26.3 Å². The highest BCUT2D eigenvalue weighted by atomic mass is 32.2. The molecule has 1 aliphatic heterocycles. The molecule has 0 aliphatic carbocycles. The number of benzene rings is 1. The molecular formula is C16H25NO5S. The van der Waals surface area contributed by atoms with Crippen LogP contribution in [0.4, 0.5) is 0 Å². The van der Waals surface area contributed by atoms with E-state index in [1.54, 1.807) is 21.1 Å². The molecule has 1 heterocycles. The zero-order chi connectivity index (χ0) is 17.3. The van der Waals surface area contributed by atoms with Gasteiger partial charge in [0, 0.05) is 11.8 Å². The Labute approximate surface area is 138 Å². The first kappa shape index (κ1) is 17.9. The highest BCUT2D eigenvalue weighted by molar-refractivity contribution is 7.91. The van der Waals surface area contributed by atoms with Crippen molar-refractivity contribution in [3.05, 3.63) is 17.7 Å². The number of fused-ring (bicyclic) bond motifs is 1. The molecule has 1 aromatic rings. The summed E-state index contributed by atoms with van der Waals surface area (Å²) in [4.78, 5) is 0. The van der Waals surface area contributed by atoms with Crippen LogP contribution >= 0.6 is 0 Å². The number of ether oxygens (including phenoxy) is 3. The van der Waals surface area contributed by atoms with E-state index in [2.05, 4.69) is 5.32 Å². The topological polar surface area (TPSA) is 73.9 Å². The van der Waals surface area contributed by atoms with E-state index in [1.807, 2.05) is 26.0 Å². The van der Waals surface area contributed by atoms with Crippen molar-refractivity contribution < 1.29 is 22.6 Å². The quantitative estimate of drug-likeness (QED) is 0.848. The molecule has 2 rings (SSSR count). The molecule has 6 nitrogen and oxygen atoms in total. The highest BCUT2D eigenvalue weighted by Gasteiger charge is 2.38. The average molecular weight is 343 g/mol. The first-order valence-electron chi connectivity index (χ1n) is 7.60. The first-order chi connectivity index (χ1) is 10.7. The number of nitrogens with one attached hydrogen (secondary N) is 1. The summed E-state index contributed by atoms with van der Waals surface area (Å²) in [6.07, 6.45) is 0.655. The largest absolute Gasteiger partial charge is 0.493 e. The molecule has 0 saturated carbocycles. The van der Waals surface area contributed by atoms with E-state index in [-0.39, 0.29) is 17.7 Å². The molecular weight excluding hydrogens is 318 g/mol. The zero-order valence-electron chi connectivity index (χ0n) is 14.3. The van der Waals surface area contributed by atoms with E-state index in [0.717, 1.165) is 11.3 Å². The van der Waals surface area contributed by atoms with Crippen LogP contribution in [0.2, 0.25) is 0 Å². The molecule has 1 aromatic carbocycles. The molecule has 0 saturated heterocycles. The lowest BCUT2D eigenvalue weighted by Crippen LogP contribution is -2.55.